The van der Waals surface area contributed by atoms with Crippen LogP contribution in [-0.4, -0.2) is 46.2 Å². The highest BCUT2D eigenvalue weighted by Gasteiger charge is 2.50. The van der Waals surface area contributed by atoms with Gasteiger partial charge in [-0.3, -0.25) is 0 Å². The van der Waals surface area contributed by atoms with Crippen molar-refractivity contribution in [3.05, 3.63) is 24.3 Å². The molecule has 0 amide bonds. The van der Waals surface area contributed by atoms with Crippen LogP contribution in [-0.2, 0) is 15.7 Å². The molecular formula is C11H18N4O3S. The summed E-state index contributed by atoms with van der Waals surface area (Å²) in [6, 6.07) is 1.61. The molecule has 0 radical (unpaired) electrons. The molecule has 1 aliphatic rings. The molecule has 2 atom stereocenters. The summed E-state index contributed by atoms with van der Waals surface area (Å²) in [5, 5.41) is 10.2. The minimum absolute atomic E-state index is 0.0779. The Balaban J connectivity index is 2.53. The molecule has 1 saturated heterocycles. The molecule has 19 heavy (non-hydrogen) atoms. The summed E-state index contributed by atoms with van der Waals surface area (Å²) in [5.41, 5.74) is 4.61. The fourth-order valence-electron chi connectivity index (χ4n) is 2.29. The quantitative estimate of drug-likeness (QED) is 0.767. The van der Waals surface area contributed by atoms with Crippen molar-refractivity contribution < 1.29 is 13.5 Å². The first-order chi connectivity index (χ1) is 8.93. The lowest BCUT2D eigenvalue weighted by Crippen LogP contribution is -2.65. The predicted molar refractivity (Wildman–Crippen MR) is 69.3 cm³/mol. The molecule has 2 heterocycles. The number of sulfonamides is 1. The Bertz CT molecular complexity index is 536. The van der Waals surface area contributed by atoms with E-state index in [1.54, 1.807) is 13.0 Å². The van der Waals surface area contributed by atoms with E-state index in [1.807, 2.05) is 0 Å². The first-order valence-electron chi connectivity index (χ1n) is 6.18. The van der Waals surface area contributed by atoms with Gasteiger partial charge in [0.1, 0.15) is 0 Å². The maximum atomic E-state index is 12.2. The Labute approximate surface area is 112 Å². The molecule has 1 fully saturated rings. The number of aliphatic hydroxyl groups is 1. The van der Waals surface area contributed by atoms with Crippen molar-refractivity contribution >= 4 is 10.0 Å². The molecular weight excluding hydrogens is 268 g/mol. The monoisotopic (exact) mass is 286 g/mol. The molecule has 0 bridgehead atoms. The van der Waals surface area contributed by atoms with Gasteiger partial charge in [-0.15, -0.1) is 0 Å². The highest BCUT2D eigenvalue weighted by atomic mass is 32.2. The molecule has 2 rings (SSSR count). The van der Waals surface area contributed by atoms with Crippen LogP contribution in [0.3, 0.4) is 0 Å². The maximum absolute atomic E-state index is 12.2. The summed E-state index contributed by atoms with van der Waals surface area (Å²) in [5.74, 6) is 0.0464. The number of hydrogen-bond acceptors (Lipinski definition) is 6. The molecule has 0 aromatic carbocycles. The van der Waals surface area contributed by atoms with E-state index in [0.717, 1.165) is 4.31 Å². The summed E-state index contributed by atoms with van der Waals surface area (Å²) < 4.78 is 25.5. The Hall–Kier alpha value is -1.09. The van der Waals surface area contributed by atoms with Gasteiger partial charge in [0.25, 0.3) is 0 Å². The fourth-order valence-corrected chi connectivity index (χ4v) is 3.67. The highest BCUT2D eigenvalue weighted by Crippen LogP contribution is 2.33. The predicted octanol–water partition coefficient (Wildman–Crippen LogP) is -0.605. The molecule has 0 aliphatic carbocycles. The van der Waals surface area contributed by atoms with E-state index >= 15 is 0 Å². The zero-order valence-corrected chi connectivity index (χ0v) is 11.5. The number of aromatic nitrogens is 2. The van der Waals surface area contributed by atoms with Crippen LogP contribution < -0.4 is 5.73 Å². The van der Waals surface area contributed by atoms with E-state index in [1.165, 1.54) is 12.4 Å². The Morgan fingerprint density at radius 3 is 2.74 bits per heavy atom. The smallest absolute Gasteiger partial charge is 0.215 e. The van der Waals surface area contributed by atoms with E-state index in [4.69, 9.17) is 5.73 Å². The van der Waals surface area contributed by atoms with Crippen molar-refractivity contribution in [2.75, 3.05) is 12.3 Å². The van der Waals surface area contributed by atoms with Crippen LogP contribution in [0.1, 0.15) is 25.6 Å². The molecule has 106 valence electrons. The molecule has 1 aromatic heterocycles. The van der Waals surface area contributed by atoms with Gasteiger partial charge in [-0.05, 0) is 25.8 Å². The van der Waals surface area contributed by atoms with E-state index in [0.29, 0.717) is 12.8 Å². The van der Waals surface area contributed by atoms with Gasteiger partial charge in [0.15, 0.2) is 11.5 Å². The summed E-state index contributed by atoms with van der Waals surface area (Å²) in [4.78, 5) is 8.04. The second-order valence-corrected chi connectivity index (χ2v) is 6.71. The van der Waals surface area contributed by atoms with E-state index in [2.05, 4.69) is 9.97 Å². The zero-order valence-electron chi connectivity index (χ0n) is 10.7. The summed E-state index contributed by atoms with van der Waals surface area (Å²) >= 11 is 0. The molecule has 3 N–H and O–H groups in total. The second kappa shape index (κ2) is 5.12. The van der Waals surface area contributed by atoms with Gasteiger partial charge in [0.2, 0.25) is 10.0 Å². The number of aliphatic hydroxyl groups excluding tert-OH is 1. The topological polar surface area (TPSA) is 109 Å². The maximum Gasteiger partial charge on any atom is 0.215 e. The third-order valence-corrected chi connectivity index (χ3v) is 5.27. The van der Waals surface area contributed by atoms with Crippen molar-refractivity contribution in [2.24, 2.45) is 5.73 Å². The Morgan fingerprint density at radius 2 is 2.16 bits per heavy atom. The van der Waals surface area contributed by atoms with Crippen molar-refractivity contribution in [1.29, 1.82) is 0 Å². The lowest BCUT2D eigenvalue weighted by molar-refractivity contribution is -0.0280. The van der Waals surface area contributed by atoms with Crippen LogP contribution in [0.5, 0.6) is 0 Å². The van der Waals surface area contributed by atoms with Crippen molar-refractivity contribution in [3.8, 4) is 0 Å². The fraction of sp³-hybridized carbons (Fsp3) is 0.636. The van der Waals surface area contributed by atoms with Gasteiger partial charge in [-0.25, -0.2) is 18.4 Å². The normalized spacial score (nSPS) is 29.3. The van der Waals surface area contributed by atoms with Gasteiger partial charge < -0.3 is 10.8 Å². The van der Waals surface area contributed by atoms with Crippen LogP contribution >= 0.6 is 0 Å². The SMILES string of the molecule is CCS(=O)(=O)N1CCCC(O)C1(N)c1ncccn1. The van der Waals surface area contributed by atoms with Crippen LogP contribution in [0.25, 0.3) is 0 Å². The highest BCUT2D eigenvalue weighted by molar-refractivity contribution is 7.89. The summed E-state index contributed by atoms with van der Waals surface area (Å²) in [7, 11) is -3.54. The third kappa shape index (κ3) is 2.36. The minimum Gasteiger partial charge on any atom is -0.389 e. The number of piperidine rings is 1. The van der Waals surface area contributed by atoms with E-state index in [-0.39, 0.29) is 18.1 Å². The molecule has 0 spiro atoms. The van der Waals surface area contributed by atoms with Crippen molar-refractivity contribution in [3.63, 3.8) is 0 Å². The Morgan fingerprint density at radius 1 is 1.53 bits per heavy atom. The zero-order chi connectivity index (χ0) is 14.1. The molecule has 7 nitrogen and oxygen atoms in total. The minimum atomic E-state index is -3.54. The van der Waals surface area contributed by atoms with E-state index in [9.17, 15) is 13.5 Å². The largest absolute Gasteiger partial charge is 0.389 e. The molecule has 2 unspecified atom stereocenters. The number of nitrogens with two attached hydrogens (primary N) is 1. The van der Waals surface area contributed by atoms with Crippen molar-refractivity contribution in [1.82, 2.24) is 14.3 Å². The van der Waals surface area contributed by atoms with Crippen LogP contribution in [0.15, 0.2) is 18.5 Å². The van der Waals surface area contributed by atoms with E-state index < -0.39 is 21.8 Å². The number of nitrogens with zero attached hydrogens (tertiary/aromatic N) is 3. The standard InChI is InChI=1S/C11H18N4O3S/c1-2-19(17,18)15-8-3-5-9(16)11(15,12)10-13-6-4-7-14-10/h4,6-7,9,16H,2-3,5,8,12H2,1H3. The van der Waals surface area contributed by atoms with Gasteiger partial charge in [0.05, 0.1) is 11.9 Å². The lowest BCUT2D eigenvalue weighted by Gasteiger charge is -2.44. The molecule has 1 aliphatic heterocycles. The van der Waals surface area contributed by atoms with Gasteiger partial charge in [-0.1, -0.05) is 0 Å². The summed E-state index contributed by atoms with van der Waals surface area (Å²) in [6.45, 7) is 1.81. The van der Waals surface area contributed by atoms with Crippen molar-refractivity contribution in [2.45, 2.75) is 31.5 Å². The number of rotatable bonds is 3. The van der Waals surface area contributed by atoms with Crippen LogP contribution in [0.2, 0.25) is 0 Å². The van der Waals surface area contributed by atoms with Gasteiger partial charge >= 0.3 is 0 Å². The lowest BCUT2D eigenvalue weighted by atomic mass is 9.94. The summed E-state index contributed by atoms with van der Waals surface area (Å²) in [6.07, 6.45) is 2.92. The average Bonchev–Trinajstić information content (AvgIpc) is 2.42. The van der Waals surface area contributed by atoms with Gasteiger partial charge in [0, 0.05) is 18.9 Å². The first-order valence-corrected chi connectivity index (χ1v) is 7.78. The molecule has 8 heteroatoms. The Kier molecular flexibility index (Phi) is 3.86. The second-order valence-electron chi connectivity index (χ2n) is 4.53. The molecule has 1 aromatic rings. The van der Waals surface area contributed by atoms with Crippen LogP contribution in [0, 0.1) is 0 Å². The first kappa shape index (κ1) is 14.3. The molecule has 0 saturated carbocycles. The van der Waals surface area contributed by atoms with Crippen LogP contribution in [0.4, 0.5) is 0 Å². The van der Waals surface area contributed by atoms with Gasteiger partial charge in [-0.2, -0.15) is 4.31 Å². The third-order valence-electron chi connectivity index (χ3n) is 3.38. The number of hydrogen-bond donors (Lipinski definition) is 2. The average molecular weight is 286 g/mol.